The third-order valence-electron chi connectivity index (χ3n) is 5.44. The summed E-state index contributed by atoms with van der Waals surface area (Å²) in [7, 11) is 1.66. The summed E-state index contributed by atoms with van der Waals surface area (Å²) in [5, 5.41) is 5.48. The number of Topliss-reactive ketones (excluding diaryl/α,β-unsaturated/α-hetero) is 1. The van der Waals surface area contributed by atoms with Crippen LogP contribution in [0.15, 0.2) is 18.2 Å². The average Bonchev–Trinajstić information content (AvgIpc) is 2.83. The smallest absolute Gasteiger partial charge is 0.294 e. The van der Waals surface area contributed by atoms with Crippen LogP contribution in [0.25, 0.3) is 0 Å². The van der Waals surface area contributed by atoms with Crippen LogP contribution in [0.4, 0.5) is 10.1 Å². The van der Waals surface area contributed by atoms with E-state index in [-0.39, 0.29) is 17.6 Å². The number of halogens is 1. The van der Waals surface area contributed by atoms with Gasteiger partial charge in [0.15, 0.2) is 0 Å². The van der Waals surface area contributed by atoms with E-state index in [1.165, 1.54) is 12.1 Å². The molecule has 0 unspecified atom stereocenters. The Bertz CT molecular complexity index is 974. The number of carbonyl (C=O) groups is 3. The molecule has 1 aromatic heterocycles. The van der Waals surface area contributed by atoms with Crippen molar-refractivity contribution >= 4 is 23.3 Å². The van der Waals surface area contributed by atoms with Crippen molar-refractivity contribution in [1.29, 1.82) is 0 Å². The second-order valence-corrected chi connectivity index (χ2v) is 7.34. The standard InChI is InChI=1S/C21H24FN3O3/c1-11-10-15(8-9-16(11)22)24-20(27)17-12(2)18(25(4)13(17)3)19(26)21(28)23-14-6-5-7-14/h8-10,14H,5-7H2,1-4H3,(H,23,28)(H,24,27). The number of ketones is 1. The predicted molar refractivity (Wildman–Crippen MR) is 104 cm³/mol. The Kier molecular flexibility index (Phi) is 5.36. The molecule has 3 rings (SSSR count). The summed E-state index contributed by atoms with van der Waals surface area (Å²) in [6.45, 7) is 4.99. The first kappa shape index (κ1) is 19.8. The lowest BCUT2D eigenvalue weighted by molar-refractivity contribution is -0.118. The lowest BCUT2D eigenvalue weighted by Gasteiger charge is -2.25. The molecule has 1 fully saturated rings. The topological polar surface area (TPSA) is 80.2 Å². The van der Waals surface area contributed by atoms with Crippen LogP contribution in [0.1, 0.15) is 56.9 Å². The third-order valence-corrected chi connectivity index (χ3v) is 5.44. The van der Waals surface area contributed by atoms with Gasteiger partial charge in [-0.25, -0.2) is 4.39 Å². The van der Waals surface area contributed by atoms with Crippen molar-refractivity contribution in [3.8, 4) is 0 Å². The highest BCUT2D eigenvalue weighted by molar-refractivity contribution is 6.43. The monoisotopic (exact) mass is 385 g/mol. The highest BCUT2D eigenvalue weighted by Gasteiger charge is 2.30. The zero-order valence-corrected chi connectivity index (χ0v) is 16.5. The number of hydrogen-bond donors (Lipinski definition) is 2. The molecule has 1 heterocycles. The molecule has 0 atom stereocenters. The molecule has 0 aliphatic heterocycles. The fourth-order valence-corrected chi connectivity index (χ4v) is 3.46. The van der Waals surface area contributed by atoms with E-state index in [9.17, 15) is 18.8 Å². The van der Waals surface area contributed by atoms with E-state index in [2.05, 4.69) is 10.6 Å². The van der Waals surface area contributed by atoms with Gasteiger partial charge in [-0.05, 0) is 69.4 Å². The van der Waals surface area contributed by atoms with Crippen LogP contribution in [0.2, 0.25) is 0 Å². The second kappa shape index (κ2) is 7.58. The molecule has 1 aliphatic rings. The van der Waals surface area contributed by atoms with Crippen LogP contribution in [-0.4, -0.2) is 28.2 Å². The Morgan fingerprint density at radius 3 is 2.39 bits per heavy atom. The molecule has 0 saturated heterocycles. The lowest BCUT2D eigenvalue weighted by Crippen LogP contribution is -2.43. The molecule has 7 heteroatoms. The first-order chi connectivity index (χ1) is 13.2. The van der Waals surface area contributed by atoms with Gasteiger partial charge in [0.25, 0.3) is 17.6 Å². The van der Waals surface area contributed by atoms with Crippen molar-refractivity contribution in [2.45, 2.75) is 46.1 Å². The van der Waals surface area contributed by atoms with Gasteiger partial charge in [0.2, 0.25) is 0 Å². The molecule has 2 amide bonds. The van der Waals surface area contributed by atoms with Crippen molar-refractivity contribution in [3.63, 3.8) is 0 Å². The normalized spacial score (nSPS) is 13.8. The zero-order valence-electron chi connectivity index (χ0n) is 16.5. The van der Waals surface area contributed by atoms with Crippen molar-refractivity contribution in [2.75, 3.05) is 5.32 Å². The molecular formula is C21H24FN3O3. The van der Waals surface area contributed by atoms with Gasteiger partial charge >= 0.3 is 0 Å². The molecule has 0 spiro atoms. The first-order valence-corrected chi connectivity index (χ1v) is 9.29. The van der Waals surface area contributed by atoms with Crippen molar-refractivity contribution in [3.05, 3.63) is 52.1 Å². The van der Waals surface area contributed by atoms with Crippen LogP contribution in [0, 0.1) is 26.6 Å². The summed E-state index contributed by atoms with van der Waals surface area (Å²) in [4.78, 5) is 37.8. The number of benzene rings is 1. The number of aromatic nitrogens is 1. The van der Waals surface area contributed by atoms with E-state index < -0.39 is 17.6 Å². The SMILES string of the molecule is Cc1cc(NC(=O)c2c(C)c(C(=O)C(=O)NC3CCC3)n(C)c2C)ccc1F. The fourth-order valence-electron chi connectivity index (χ4n) is 3.46. The van der Waals surface area contributed by atoms with Crippen molar-refractivity contribution in [1.82, 2.24) is 9.88 Å². The zero-order chi connectivity index (χ0) is 20.6. The Balaban J connectivity index is 1.86. The van der Waals surface area contributed by atoms with Gasteiger partial charge in [-0.1, -0.05) is 0 Å². The Labute approximate surface area is 163 Å². The number of anilines is 1. The maximum atomic E-state index is 13.4. The number of carbonyl (C=O) groups excluding carboxylic acids is 3. The molecule has 28 heavy (non-hydrogen) atoms. The minimum Gasteiger partial charge on any atom is -0.346 e. The number of aryl methyl sites for hydroxylation is 1. The van der Waals surface area contributed by atoms with Gasteiger partial charge < -0.3 is 15.2 Å². The van der Waals surface area contributed by atoms with E-state index in [4.69, 9.17) is 0 Å². The molecule has 1 saturated carbocycles. The van der Waals surface area contributed by atoms with E-state index >= 15 is 0 Å². The number of amides is 2. The summed E-state index contributed by atoms with van der Waals surface area (Å²) in [5.41, 5.74) is 2.45. The van der Waals surface area contributed by atoms with Gasteiger partial charge in [0.05, 0.1) is 11.3 Å². The maximum absolute atomic E-state index is 13.4. The molecule has 1 aliphatic carbocycles. The number of rotatable bonds is 5. The summed E-state index contributed by atoms with van der Waals surface area (Å²) < 4.78 is 15.0. The van der Waals surface area contributed by atoms with E-state index in [1.807, 2.05) is 0 Å². The second-order valence-electron chi connectivity index (χ2n) is 7.34. The molecule has 6 nitrogen and oxygen atoms in total. The van der Waals surface area contributed by atoms with Gasteiger partial charge in [-0.2, -0.15) is 0 Å². The summed E-state index contributed by atoms with van der Waals surface area (Å²) in [6, 6.07) is 4.36. The Morgan fingerprint density at radius 2 is 1.82 bits per heavy atom. The molecular weight excluding hydrogens is 361 g/mol. The van der Waals surface area contributed by atoms with Crippen molar-refractivity contribution in [2.24, 2.45) is 7.05 Å². The molecule has 1 aromatic carbocycles. The molecule has 0 bridgehead atoms. The average molecular weight is 385 g/mol. The van der Waals surface area contributed by atoms with Gasteiger partial charge in [-0.3, -0.25) is 14.4 Å². The summed E-state index contributed by atoms with van der Waals surface area (Å²) in [5.74, 6) is -2.05. The Morgan fingerprint density at radius 1 is 1.14 bits per heavy atom. The quantitative estimate of drug-likeness (QED) is 0.613. The number of nitrogens with zero attached hydrogens (tertiary/aromatic N) is 1. The Hall–Kier alpha value is -2.96. The maximum Gasteiger partial charge on any atom is 0.294 e. The third kappa shape index (κ3) is 3.56. The summed E-state index contributed by atoms with van der Waals surface area (Å²) >= 11 is 0. The molecule has 2 aromatic rings. The van der Waals surface area contributed by atoms with E-state index in [0.29, 0.717) is 28.1 Å². The summed E-state index contributed by atoms with van der Waals surface area (Å²) in [6.07, 6.45) is 2.82. The molecule has 0 radical (unpaired) electrons. The van der Waals surface area contributed by atoms with Crippen LogP contribution >= 0.6 is 0 Å². The lowest BCUT2D eigenvalue weighted by atomic mass is 9.93. The largest absolute Gasteiger partial charge is 0.346 e. The minimum atomic E-state index is -0.647. The molecule has 2 N–H and O–H groups in total. The van der Waals surface area contributed by atoms with Gasteiger partial charge in [-0.15, -0.1) is 0 Å². The van der Waals surface area contributed by atoms with Crippen LogP contribution in [-0.2, 0) is 11.8 Å². The van der Waals surface area contributed by atoms with Gasteiger partial charge in [0, 0.05) is 24.5 Å². The van der Waals surface area contributed by atoms with Crippen LogP contribution in [0.5, 0.6) is 0 Å². The van der Waals surface area contributed by atoms with Gasteiger partial charge in [0.1, 0.15) is 5.82 Å². The minimum absolute atomic E-state index is 0.0580. The van der Waals surface area contributed by atoms with Crippen LogP contribution < -0.4 is 10.6 Å². The van der Waals surface area contributed by atoms with Crippen LogP contribution in [0.3, 0.4) is 0 Å². The highest BCUT2D eigenvalue weighted by atomic mass is 19.1. The van der Waals surface area contributed by atoms with Crippen molar-refractivity contribution < 1.29 is 18.8 Å². The first-order valence-electron chi connectivity index (χ1n) is 9.29. The predicted octanol–water partition coefficient (Wildman–Crippen LogP) is 3.19. The number of nitrogens with one attached hydrogen (secondary N) is 2. The fraction of sp³-hybridized carbons (Fsp3) is 0.381. The number of hydrogen-bond acceptors (Lipinski definition) is 3. The van der Waals surface area contributed by atoms with E-state index in [0.717, 1.165) is 19.3 Å². The van der Waals surface area contributed by atoms with E-state index in [1.54, 1.807) is 38.5 Å². The highest BCUT2D eigenvalue weighted by Crippen LogP contribution is 2.24. The molecule has 148 valence electrons.